The van der Waals surface area contributed by atoms with Crippen molar-refractivity contribution in [2.45, 2.75) is 13.5 Å². The van der Waals surface area contributed by atoms with Gasteiger partial charge in [0.1, 0.15) is 0 Å². The number of nitrogens with one attached hydrogen (secondary N) is 1. The largest absolute Gasteiger partial charge is 0.345 e. The smallest absolute Gasteiger partial charge is 0.251 e. The molecule has 0 fully saturated rings. The zero-order valence-corrected chi connectivity index (χ0v) is 13.1. The van der Waals surface area contributed by atoms with Crippen LogP contribution in [-0.4, -0.2) is 25.7 Å². The number of amides is 1. The van der Waals surface area contributed by atoms with Gasteiger partial charge >= 0.3 is 0 Å². The Morgan fingerprint density at radius 2 is 1.71 bits per heavy atom. The Labute approximate surface area is 138 Å². The lowest BCUT2D eigenvalue weighted by Gasteiger charge is -2.06. The number of fused-ring (bicyclic) bond motifs is 3. The molecule has 118 valence electrons. The van der Waals surface area contributed by atoms with Crippen molar-refractivity contribution in [2.24, 2.45) is 0 Å². The van der Waals surface area contributed by atoms with Gasteiger partial charge in [0.15, 0.2) is 11.5 Å². The van der Waals surface area contributed by atoms with Gasteiger partial charge in [-0.3, -0.25) is 4.79 Å². The summed E-state index contributed by atoms with van der Waals surface area (Å²) in [6.07, 6.45) is 0. The van der Waals surface area contributed by atoms with Crippen LogP contribution in [0.3, 0.4) is 0 Å². The molecule has 0 unspecified atom stereocenters. The predicted octanol–water partition coefficient (Wildman–Crippen LogP) is 2.52. The van der Waals surface area contributed by atoms with Gasteiger partial charge < -0.3 is 5.32 Å². The molecular weight excluding hydrogens is 302 g/mol. The summed E-state index contributed by atoms with van der Waals surface area (Å²) in [7, 11) is 0. The van der Waals surface area contributed by atoms with E-state index in [1.165, 1.54) is 0 Å². The van der Waals surface area contributed by atoms with E-state index in [4.69, 9.17) is 0 Å². The van der Waals surface area contributed by atoms with Crippen LogP contribution in [0.4, 0.5) is 0 Å². The molecule has 0 bridgehead atoms. The number of aromatic nitrogens is 4. The van der Waals surface area contributed by atoms with Crippen LogP contribution in [-0.2, 0) is 6.54 Å². The van der Waals surface area contributed by atoms with E-state index in [0.29, 0.717) is 17.0 Å². The molecule has 0 saturated carbocycles. The molecule has 24 heavy (non-hydrogen) atoms. The van der Waals surface area contributed by atoms with Crippen LogP contribution >= 0.6 is 0 Å². The highest BCUT2D eigenvalue weighted by atomic mass is 16.1. The normalized spacial score (nSPS) is 11.0. The maximum atomic E-state index is 12.2. The third-order valence-electron chi connectivity index (χ3n) is 3.96. The molecule has 0 saturated heterocycles. The number of carbonyl (C=O) groups excluding carboxylic acids is 1. The van der Waals surface area contributed by atoms with Gasteiger partial charge in [0.2, 0.25) is 0 Å². The molecule has 0 aliphatic rings. The second-order valence-electron chi connectivity index (χ2n) is 5.53. The maximum absolute atomic E-state index is 12.2. The summed E-state index contributed by atoms with van der Waals surface area (Å²) in [5.41, 5.74) is 2.20. The second-order valence-corrected chi connectivity index (χ2v) is 5.53. The highest BCUT2D eigenvalue weighted by Gasteiger charge is 2.13. The fourth-order valence-electron chi connectivity index (χ4n) is 2.74. The Bertz CT molecular complexity index is 1040. The van der Waals surface area contributed by atoms with E-state index < -0.39 is 0 Å². The summed E-state index contributed by atoms with van der Waals surface area (Å²) in [4.78, 5) is 12.2. The minimum Gasteiger partial charge on any atom is -0.345 e. The van der Waals surface area contributed by atoms with E-state index in [2.05, 4.69) is 20.6 Å². The zero-order chi connectivity index (χ0) is 16.5. The van der Waals surface area contributed by atoms with Crippen LogP contribution in [0.2, 0.25) is 0 Å². The van der Waals surface area contributed by atoms with Crippen molar-refractivity contribution >= 4 is 22.3 Å². The molecule has 0 aliphatic carbocycles. The van der Waals surface area contributed by atoms with Crippen molar-refractivity contribution in [3.8, 4) is 0 Å². The second kappa shape index (κ2) is 5.73. The summed E-state index contributed by atoms with van der Waals surface area (Å²) in [5, 5.41) is 17.9. The molecule has 0 atom stereocenters. The van der Waals surface area contributed by atoms with Gasteiger partial charge in [-0.1, -0.05) is 42.5 Å². The molecule has 2 aromatic carbocycles. The molecule has 0 aliphatic heterocycles. The van der Waals surface area contributed by atoms with Crippen LogP contribution in [0.5, 0.6) is 0 Å². The molecule has 2 heterocycles. The Morgan fingerprint density at radius 3 is 2.50 bits per heavy atom. The molecule has 6 nitrogen and oxygen atoms in total. The minimum atomic E-state index is -0.148. The Morgan fingerprint density at radius 1 is 1.00 bits per heavy atom. The summed E-state index contributed by atoms with van der Waals surface area (Å²) in [6, 6.07) is 17.0. The zero-order valence-electron chi connectivity index (χ0n) is 13.1. The van der Waals surface area contributed by atoms with Gasteiger partial charge in [-0.25, -0.2) is 0 Å². The average Bonchev–Trinajstić information content (AvgIpc) is 3.03. The monoisotopic (exact) mass is 317 g/mol. The number of rotatable bonds is 3. The first-order valence-corrected chi connectivity index (χ1v) is 7.67. The van der Waals surface area contributed by atoms with E-state index in [1.807, 2.05) is 49.4 Å². The van der Waals surface area contributed by atoms with E-state index in [0.717, 1.165) is 16.5 Å². The van der Waals surface area contributed by atoms with Crippen LogP contribution in [0.15, 0.2) is 54.6 Å². The first-order valence-electron chi connectivity index (χ1n) is 7.67. The summed E-state index contributed by atoms with van der Waals surface area (Å²) < 4.78 is 1.70. The van der Waals surface area contributed by atoms with Crippen molar-refractivity contribution in [2.75, 3.05) is 0 Å². The Hall–Kier alpha value is -3.28. The molecule has 4 rings (SSSR count). The van der Waals surface area contributed by atoms with Gasteiger partial charge in [-0.15, -0.1) is 10.2 Å². The topological polar surface area (TPSA) is 72.2 Å². The van der Waals surface area contributed by atoms with E-state index in [1.54, 1.807) is 16.6 Å². The Kier molecular flexibility index (Phi) is 3.42. The average molecular weight is 317 g/mol. The van der Waals surface area contributed by atoms with E-state index in [9.17, 15) is 4.79 Å². The number of hydrogen-bond donors (Lipinski definition) is 1. The number of aryl methyl sites for hydroxylation is 1. The number of benzene rings is 2. The predicted molar refractivity (Wildman–Crippen MR) is 90.6 cm³/mol. The van der Waals surface area contributed by atoms with E-state index >= 15 is 0 Å². The number of nitrogens with zero attached hydrogens (tertiary/aromatic N) is 4. The van der Waals surface area contributed by atoms with Gasteiger partial charge in [0, 0.05) is 16.3 Å². The van der Waals surface area contributed by atoms with Gasteiger partial charge in [0.25, 0.3) is 5.91 Å². The lowest BCUT2D eigenvalue weighted by molar-refractivity contribution is 0.0949. The highest BCUT2D eigenvalue weighted by Crippen LogP contribution is 2.20. The molecule has 0 radical (unpaired) electrons. The van der Waals surface area contributed by atoms with Gasteiger partial charge in [-0.2, -0.15) is 9.61 Å². The summed E-state index contributed by atoms with van der Waals surface area (Å²) >= 11 is 0. The number of carbonyl (C=O) groups is 1. The van der Waals surface area contributed by atoms with Crippen molar-refractivity contribution in [3.63, 3.8) is 0 Å². The molecule has 1 N–H and O–H groups in total. The standard InChI is InChI=1S/C18H15N5O/c1-12-14-9-5-6-10-15(14)17-21-20-16(23(17)22-12)11-19-18(24)13-7-3-2-4-8-13/h2-10H,11H2,1H3,(H,19,24). The SMILES string of the molecule is Cc1nn2c(CNC(=O)c3ccccc3)nnc2c2ccccc12. The van der Waals surface area contributed by atoms with Crippen molar-refractivity contribution < 1.29 is 4.79 Å². The summed E-state index contributed by atoms with van der Waals surface area (Å²) in [5.74, 6) is 0.452. The van der Waals surface area contributed by atoms with Gasteiger partial charge in [-0.05, 0) is 19.1 Å². The molecule has 1 amide bonds. The van der Waals surface area contributed by atoms with Crippen molar-refractivity contribution in [3.05, 3.63) is 71.7 Å². The third-order valence-corrected chi connectivity index (χ3v) is 3.96. The fraction of sp³-hybridized carbons (Fsp3) is 0.111. The van der Waals surface area contributed by atoms with Crippen LogP contribution in [0, 0.1) is 6.92 Å². The van der Waals surface area contributed by atoms with Crippen LogP contribution in [0.25, 0.3) is 16.4 Å². The minimum absolute atomic E-state index is 0.148. The molecule has 2 aromatic heterocycles. The molecule has 6 heteroatoms. The lowest BCUT2D eigenvalue weighted by atomic mass is 10.1. The Balaban J connectivity index is 1.67. The fourth-order valence-corrected chi connectivity index (χ4v) is 2.74. The number of hydrogen-bond acceptors (Lipinski definition) is 4. The molecule has 0 spiro atoms. The van der Waals surface area contributed by atoms with Crippen LogP contribution < -0.4 is 5.32 Å². The van der Waals surface area contributed by atoms with Crippen molar-refractivity contribution in [1.29, 1.82) is 0 Å². The van der Waals surface area contributed by atoms with Crippen molar-refractivity contribution in [1.82, 2.24) is 25.1 Å². The maximum Gasteiger partial charge on any atom is 0.251 e. The molecular formula is C18H15N5O. The highest BCUT2D eigenvalue weighted by molar-refractivity contribution is 5.95. The van der Waals surface area contributed by atoms with Gasteiger partial charge in [0.05, 0.1) is 12.2 Å². The quantitative estimate of drug-likeness (QED) is 0.630. The lowest BCUT2D eigenvalue weighted by Crippen LogP contribution is -2.24. The summed E-state index contributed by atoms with van der Waals surface area (Å²) in [6.45, 7) is 2.22. The first kappa shape index (κ1) is 14.3. The van der Waals surface area contributed by atoms with Crippen LogP contribution in [0.1, 0.15) is 21.9 Å². The van der Waals surface area contributed by atoms with E-state index in [-0.39, 0.29) is 12.5 Å². The third kappa shape index (κ3) is 2.38. The molecule has 4 aromatic rings. The first-order chi connectivity index (χ1) is 11.7.